The predicted octanol–water partition coefficient (Wildman–Crippen LogP) is 5.77. The molecule has 0 amide bonds. The third kappa shape index (κ3) is 3.96. The van der Waals surface area contributed by atoms with E-state index in [1.807, 2.05) is 121 Å². The largest absolute Gasteiger partial charge is 0.297 e. The minimum atomic E-state index is -2.71. The van der Waals surface area contributed by atoms with Crippen LogP contribution in [-0.2, 0) is 0 Å². The van der Waals surface area contributed by atoms with Gasteiger partial charge < -0.3 is 0 Å². The molecular formula is C26H22N2P2. The van der Waals surface area contributed by atoms with Crippen LogP contribution in [0.4, 0.5) is 0 Å². The van der Waals surface area contributed by atoms with Crippen molar-refractivity contribution in [3.63, 3.8) is 0 Å². The summed E-state index contributed by atoms with van der Waals surface area (Å²) < 4.78 is 0. The molecule has 4 aromatic carbocycles. The quantitative estimate of drug-likeness (QED) is 0.309. The summed E-state index contributed by atoms with van der Waals surface area (Å²) in [5.41, 5.74) is 6.71. The SMILES string of the molecule is N=P(C#CP(=N)(c1ccccc1)c1ccccc1)(c1ccccc1)c1ccccc1. The van der Waals surface area contributed by atoms with Gasteiger partial charge in [-0.05, 0) is 11.3 Å². The second-order valence-corrected chi connectivity index (χ2v) is 12.1. The molecule has 0 heterocycles. The van der Waals surface area contributed by atoms with E-state index >= 15 is 0 Å². The van der Waals surface area contributed by atoms with Crippen LogP contribution in [0.25, 0.3) is 0 Å². The first kappa shape index (κ1) is 20.2. The summed E-state index contributed by atoms with van der Waals surface area (Å²) in [5.74, 6) is 0. The van der Waals surface area contributed by atoms with Crippen molar-refractivity contribution in [1.82, 2.24) is 0 Å². The Morgan fingerprint density at radius 1 is 0.367 bits per heavy atom. The Bertz CT molecular complexity index is 1090. The van der Waals surface area contributed by atoms with E-state index < -0.39 is 14.1 Å². The van der Waals surface area contributed by atoms with E-state index in [9.17, 15) is 10.3 Å². The van der Waals surface area contributed by atoms with Crippen molar-refractivity contribution < 1.29 is 0 Å². The third-order valence-electron chi connectivity index (χ3n) is 4.96. The summed E-state index contributed by atoms with van der Waals surface area (Å²) in [6, 6.07) is 39.4. The molecule has 0 spiro atoms. The summed E-state index contributed by atoms with van der Waals surface area (Å²) in [6.07, 6.45) is 0. The summed E-state index contributed by atoms with van der Waals surface area (Å²) in [4.78, 5) is 0. The lowest BCUT2D eigenvalue weighted by Gasteiger charge is -2.20. The van der Waals surface area contributed by atoms with E-state index in [1.54, 1.807) is 0 Å². The zero-order chi connectivity index (χ0) is 20.9. The molecule has 0 fully saturated rings. The molecule has 30 heavy (non-hydrogen) atoms. The van der Waals surface area contributed by atoms with Crippen LogP contribution in [0.2, 0.25) is 0 Å². The fourth-order valence-electron chi connectivity index (χ4n) is 3.31. The topological polar surface area (TPSA) is 47.7 Å². The second-order valence-electron chi connectivity index (χ2n) is 6.91. The maximum Gasteiger partial charge on any atom is 0.0912 e. The first-order chi connectivity index (χ1) is 14.6. The van der Waals surface area contributed by atoms with Gasteiger partial charge in [0.05, 0.1) is 14.1 Å². The molecule has 0 saturated heterocycles. The fraction of sp³-hybridized carbons (Fsp3) is 0. The zero-order valence-corrected chi connectivity index (χ0v) is 18.2. The molecule has 146 valence electrons. The minimum Gasteiger partial charge on any atom is -0.297 e. The molecule has 4 rings (SSSR count). The van der Waals surface area contributed by atoms with E-state index in [2.05, 4.69) is 11.3 Å². The van der Waals surface area contributed by atoms with Crippen molar-refractivity contribution >= 4 is 35.3 Å². The first-order valence-corrected chi connectivity index (χ1v) is 13.3. The Morgan fingerprint density at radius 2 is 0.567 bits per heavy atom. The molecule has 0 saturated carbocycles. The van der Waals surface area contributed by atoms with Gasteiger partial charge in [-0.25, -0.2) is 0 Å². The molecule has 0 bridgehead atoms. The van der Waals surface area contributed by atoms with Crippen LogP contribution in [0.15, 0.2) is 121 Å². The normalized spacial score (nSPS) is 11.3. The van der Waals surface area contributed by atoms with Gasteiger partial charge in [-0.15, -0.1) is 0 Å². The molecule has 0 radical (unpaired) electrons. The maximum absolute atomic E-state index is 9.48. The first-order valence-electron chi connectivity index (χ1n) is 9.68. The van der Waals surface area contributed by atoms with Gasteiger partial charge in [-0.1, -0.05) is 121 Å². The zero-order valence-electron chi connectivity index (χ0n) is 16.4. The van der Waals surface area contributed by atoms with E-state index in [0.717, 1.165) is 21.2 Å². The average molecular weight is 424 g/mol. The monoisotopic (exact) mass is 424 g/mol. The number of hydrogen-bond donors (Lipinski definition) is 2. The van der Waals surface area contributed by atoms with Gasteiger partial charge in [-0.2, -0.15) is 0 Å². The Kier molecular flexibility index (Phi) is 5.87. The highest BCUT2D eigenvalue weighted by Crippen LogP contribution is 2.48. The predicted molar refractivity (Wildman–Crippen MR) is 131 cm³/mol. The van der Waals surface area contributed by atoms with Gasteiger partial charge in [0, 0.05) is 21.2 Å². The Labute approximate surface area is 178 Å². The summed E-state index contributed by atoms with van der Waals surface area (Å²) in [7, 11) is -5.43. The lowest BCUT2D eigenvalue weighted by molar-refractivity contribution is 1.60. The highest BCUT2D eigenvalue weighted by molar-refractivity contribution is 7.87. The molecule has 0 aliphatic heterocycles. The molecule has 4 heteroatoms. The summed E-state index contributed by atoms with van der Waals surface area (Å²) in [5, 5.41) is 22.6. The van der Waals surface area contributed by atoms with Crippen LogP contribution in [0.5, 0.6) is 0 Å². The molecule has 0 atom stereocenters. The van der Waals surface area contributed by atoms with Crippen molar-refractivity contribution in [2.24, 2.45) is 0 Å². The molecule has 0 unspecified atom stereocenters. The van der Waals surface area contributed by atoms with Gasteiger partial charge in [0.25, 0.3) is 0 Å². The Morgan fingerprint density at radius 3 is 0.767 bits per heavy atom. The summed E-state index contributed by atoms with van der Waals surface area (Å²) in [6.45, 7) is 0. The Hall–Kier alpha value is -3.10. The van der Waals surface area contributed by atoms with Crippen LogP contribution < -0.4 is 21.2 Å². The van der Waals surface area contributed by atoms with Crippen LogP contribution in [0.3, 0.4) is 0 Å². The Balaban J connectivity index is 1.94. The lowest BCUT2D eigenvalue weighted by atomic mass is 10.4. The van der Waals surface area contributed by atoms with E-state index in [-0.39, 0.29) is 0 Å². The van der Waals surface area contributed by atoms with Crippen molar-refractivity contribution in [2.45, 2.75) is 0 Å². The van der Waals surface area contributed by atoms with Crippen molar-refractivity contribution in [3.8, 4) is 11.3 Å². The molecule has 0 aromatic heterocycles. The number of benzene rings is 4. The third-order valence-corrected chi connectivity index (χ3v) is 10.3. The van der Waals surface area contributed by atoms with Gasteiger partial charge in [-0.3, -0.25) is 10.3 Å². The van der Waals surface area contributed by atoms with Crippen molar-refractivity contribution in [2.75, 3.05) is 0 Å². The molecule has 2 nitrogen and oxygen atoms in total. The highest BCUT2D eigenvalue weighted by Gasteiger charge is 2.23. The number of nitrogens with one attached hydrogen (secondary N) is 2. The molecular weight excluding hydrogens is 402 g/mol. The molecule has 0 aliphatic carbocycles. The standard InChI is InChI=1S/C26H22N2P2/c27-29(23-13-5-1-6-14-23,24-15-7-2-8-16-24)21-22-30(28,25-17-9-3-10-18-25)26-19-11-4-12-20-26/h1-20,27-28H. The van der Waals surface area contributed by atoms with Crippen LogP contribution in [-0.4, -0.2) is 0 Å². The molecule has 0 aliphatic rings. The van der Waals surface area contributed by atoms with Gasteiger partial charge in [0.2, 0.25) is 0 Å². The van der Waals surface area contributed by atoms with Gasteiger partial charge >= 0.3 is 0 Å². The second kappa shape index (κ2) is 8.73. The van der Waals surface area contributed by atoms with E-state index in [4.69, 9.17) is 0 Å². The molecule has 4 aromatic rings. The van der Waals surface area contributed by atoms with Crippen LogP contribution in [0.1, 0.15) is 0 Å². The van der Waals surface area contributed by atoms with E-state index in [1.165, 1.54) is 0 Å². The van der Waals surface area contributed by atoms with Crippen LogP contribution in [0, 0.1) is 21.6 Å². The van der Waals surface area contributed by atoms with Gasteiger partial charge in [0.15, 0.2) is 0 Å². The maximum atomic E-state index is 9.48. The molecule has 2 N–H and O–H groups in total. The average Bonchev–Trinajstić information content (AvgIpc) is 2.84. The smallest absolute Gasteiger partial charge is 0.0912 e. The number of rotatable bonds is 4. The van der Waals surface area contributed by atoms with Crippen molar-refractivity contribution in [3.05, 3.63) is 121 Å². The lowest BCUT2D eigenvalue weighted by Crippen LogP contribution is -2.16. The minimum absolute atomic E-state index is 0.913. The summed E-state index contributed by atoms with van der Waals surface area (Å²) >= 11 is 0. The van der Waals surface area contributed by atoms with Crippen molar-refractivity contribution in [1.29, 1.82) is 10.3 Å². The highest BCUT2D eigenvalue weighted by atomic mass is 31.2. The van der Waals surface area contributed by atoms with E-state index in [0.29, 0.717) is 0 Å². The van der Waals surface area contributed by atoms with Crippen LogP contribution >= 0.6 is 14.1 Å². The fourth-order valence-corrected chi connectivity index (χ4v) is 8.10. The number of hydrogen-bond acceptors (Lipinski definition) is 2. The van der Waals surface area contributed by atoms with Gasteiger partial charge in [0.1, 0.15) is 0 Å².